The molecule has 2 heterocycles. The number of aromatic carboxylic acids is 1. The van der Waals surface area contributed by atoms with E-state index in [0.29, 0.717) is 38.5 Å². The highest BCUT2D eigenvalue weighted by Crippen LogP contribution is 2.34. The first-order valence-corrected chi connectivity index (χ1v) is 8.92. The fourth-order valence-electron chi connectivity index (χ4n) is 3.13. The zero-order chi connectivity index (χ0) is 19.4. The Bertz CT molecular complexity index is 865. The predicted molar refractivity (Wildman–Crippen MR) is 98.4 cm³/mol. The first-order valence-electron chi connectivity index (χ1n) is 8.92. The molecule has 1 aliphatic rings. The van der Waals surface area contributed by atoms with E-state index >= 15 is 0 Å². The normalized spacial score (nSPS) is 13.0. The molecule has 0 radical (unpaired) electrons. The Balaban J connectivity index is 1.85. The molecule has 1 aromatic carbocycles. The van der Waals surface area contributed by atoms with E-state index in [-0.39, 0.29) is 17.0 Å². The van der Waals surface area contributed by atoms with Crippen molar-refractivity contribution in [2.24, 2.45) is 0 Å². The number of ether oxygens (including phenoxy) is 2. The number of fused-ring (bicyclic) bond motifs is 1. The van der Waals surface area contributed by atoms with Gasteiger partial charge in [0.1, 0.15) is 0 Å². The number of amides is 1. The molecule has 3 rings (SSSR count). The van der Waals surface area contributed by atoms with Crippen molar-refractivity contribution in [2.45, 2.75) is 26.8 Å². The summed E-state index contributed by atoms with van der Waals surface area (Å²) in [5, 5.41) is 9.09. The lowest BCUT2D eigenvalue weighted by Gasteiger charge is -2.30. The van der Waals surface area contributed by atoms with Gasteiger partial charge in [-0.3, -0.25) is 9.78 Å². The molecule has 0 atom stereocenters. The second-order valence-electron chi connectivity index (χ2n) is 6.18. The van der Waals surface area contributed by atoms with E-state index in [9.17, 15) is 9.59 Å². The van der Waals surface area contributed by atoms with E-state index in [1.165, 1.54) is 18.5 Å². The molecule has 0 bridgehead atoms. The number of rotatable bonds is 6. The lowest BCUT2D eigenvalue weighted by molar-refractivity contribution is 0.0696. The number of aromatic nitrogens is 1. The van der Waals surface area contributed by atoms with Gasteiger partial charge in [-0.15, -0.1) is 0 Å². The highest BCUT2D eigenvalue weighted by molar-refractivity contribution is 5.97. The van der Waals surface area contributed by atoms with Crippen LogP contribution in [0.25, 0.3) is 0 Å². The van der Waals surface area contributed by atoms with Gasteiger partial charge in [0.15, 0.2) is 11.5 Å². The number of carboxylic acids is 1. The van der Waals surface area contributed by atoms with Crippen molar-refractivity contribution >= 4 is 11.9 Å². The molecule has 0 saturated heterocycles. The number of pyridine rings is 1. The first kappa shape index (κ1) is 18.7. The van der Waals surface area contributed by atoms with Gasteiger partial charge in [0.25, 0.3) is 5.91 Å². The summed E-state index contributed by atoms with van der Waals surface area (Å²) in [6.07, 6.45) is 3.32. The largest absolute Gasteiger partial charge is 0.490 e. The number of nitrogens with zero attached hydrogens (tertiary/aromatic N) is 2. The van der Waals surface area contributed by atoms with Gasteiger partial charge < -0.3 is 19.5 Å². The topological polar surface area (TPSA) is 89.0 Å². The van der Waals surface area contributed by atoms with Crippen LogP contribution >= 0.6 is 0 Å². The van der Waals surface area contributed by atoms with E-state index < -0.39 is 5.97 Å². The molecule has 0 spiro atoms. The Kier molecular flexibility index (Phi) is 5.59. The van der Waals surface area contributed by atoms with E-state index in [1.807, 2.05) is 26.0 Å². The summed E-state index contributed by atoms with van der Waals surface area (Å²) in [4.78, 5) is 29.5. The van der Waals surface area contributed by atoms with Crippen LogP contribution in [0.15, 0.2) is 30.6 Å². The Hall–Kier alpha value is -3.09. The molecule has 2 aromatic rings. The van der Waals surface area contributed by atoms with Crippen molar-refractivity contribution in [2.75, 3.05) is 19.8 Å². The molecule has 1 aliphatic heterocycles. The molecule has 27 heavy (non-hydrogen) atoms. The summed E-state index contributed by atoms with van der Waals surface area (Å²) < 4.78 is 11.3. The van der Waals surface area contributed by atoms with Gasteiger partial charge in [0.2, 0.25) is 0 Å². The van der Waals surface area contributed by atoms with Crippen molar-refractivity contribution in [3.8, 4) is 11.5 Å². The van der Waals surface area contributed by atoms with Crippen LogP contribution < -0.4 is 9.47 Å². The maximum absolute atomic E-state index is 12.8. The molecule has 1 aromatic heterocycles. The highest BCUT2D eigenvalue weighted by Gasteiger charge is 2.24. The molecule has 1 amide bonds. The van der Waals surface area contributed by atoms with E-state index in [2.05, 4.69) is 4.98 Å². The number of carbonyl (C=O) groups excluding carboxylic acids is 1. The molecule has 1 N–H and O–H groups in total. The van der Waals surface area contributed by atoms with Crippen molar-refractivity contribution in [1.29, 1.82) is 0 Å². The third-order valence-electron chi connectivity index (χ3n) is 4.40. The SMILES string of the molecule is CCOc1cc2c(cc1OCC)CN(C(=O)c1cncc(C(=O)O)c1)CC2. The van der Waals surface area contributed by atoms with Crippen molar-refractivity contribution in [3.05, 3.63) is 52.8 Å². The van der Waals surface area contributed by atoms with Crippen LogP contribution in [-0.2, 0) is 13.0 Å². The number of carboxylic acid groups (broad SMARTS) is 1. The predicted octanol–water partition coefficient (Wildman–Crippen LogP) is 2.78. The van der Waals surface area contributed by atoms with Crippen LogP contribution in [0, 0.1) is 0 Å². The molecular weight excluding hydrogens is 348 g/mol. The van der Waals surface area contributed by atoms with Crippen molar-refractivity contribution < 1.29 is 24.2 Å². The molecule has 0 unspecified atom stereocenters. The minimum absolute atomic E-state index is 0.00162. The summed E-state index contributed by atoms with van der Waals surface area (Å²) in [5.74, 6) is 0.0484. The van der Waals surface area contributed by atoms with Crippen LogP contribution in [0.3, 0.4) is 0 Å². The maximum Gasteiger partial charge on any atom is 0.337 e. The lowest BCUT2D eigenvalue weighted by Crippen LogP contribution is -2.36. The minimum atomic E-state index is -1.11. The van der Waals surface area contributed by atoms with Crippen LogP contribution in [0.4, 0.5) is 0 Å². The Morgan fingerprint density at radius 1 is 1.04 bits per heavy atom. The van der Waals surface area contributed by atoms with Gasteiger partial charge in [-0.25, -0.2) is 4.79 Å². The Morgan fingerprint density at radius 2 is 1.67 bits per heavy atom. The number of hydrogen-bond donors (Lipinski definition) is 1. The van der Waals surface area contributed by atoms with Crippen LogP contribution in [0.5, 0.6) is 11.5 Å². The standard InChI is InChI=1S/C20H22N2O5/c1-3-26-17-8-13-5-6-22(12-16(13)9-18(17)27-4-2)19(23)14-7-15(20(24)25)11-21-10-14/h7-11H,3-6,12H2,1-2H3,(H,24,25). The molecule has 7 heteroatoms. The van der Waals surface area contributed by atoms with Crippen LogP contribution in [0.2, 0.25) is 0 Å². The average Bonchev–Trinajstić information content (AvgIpc) is 2.68. The monoisotopic (exact) mass is 370 g/mol. The third kappa shape index (κ3) is 4.02. The second-order valence-corrected chi connectivity index (χ2v) is 6.18. The minimum Gasteiger partial charge on any atom is -0.490 e. The van der Waals surface area contributed by atoms with Gasteiger partial charge in [0, 0.05) is 25.5 Å². The van der Waals surface area contributed by atoms with Gasteiger partial charge in [-0.1, -0.05) is 0 Å². The number of hydrogen-bond acceptors (Lipinski definition) is 5. The second kappa shape index (κ2) is 8.07. The molecular formula is C20H22N2O5. The number of benzene rings is 1. The molecule has 0 aliphatic carbocycles. The summed E-state index contributed by atoms with van der Waals surface area (Å²) in [5.41, 5.74) is 2.40. The molecule has 0 saturated carbocycles. The quantitative estimate of drug-likeness (QED) is 0.841. The fraction of sp³-hybridized carbons (Fsp3) is 0.350. The van der Waals surface area contributed by atoms with Crippen molar-refractivity contribution in [3.63, 3.8) is 0 Å². The maximum atomic E-state index is 12.8. The summed E-state index contributed by atoms with van der Waals surface area (Å²) in [6.45, 7) is 5.88. The van der Waals surface area contributed by atoms with Gasteiger partial charge in [-0.05, 0) is 49.6 Å². The van der Waals surface area contributed by atoms with Crippen LogP contribution in [0.1, 0.15) is 45.7 Å². The highest BCUT2D eigenvalue weighted by atomic mass is 16.5. The summed E-state index contributed by atoms with van der Waals surface area (Å²) in [6, 6.07) is 5.27. The zero-order valence-corrected chi connectivity index (χ0v) is 15.4. The third-order valence-corrected chi connectivity index (χ3v) is 4.40. The van der Waals surface area contributed by atoms with E-state index in [0.717, 1.165) is 16.9 Å². The van der Waals surface area contributed by atoms with E-state index in [4.69, 9.17) is 14.6 Å². The lowest BCUT2D eigenvalue weighted by atomic mass is 9.98. The van der Waals surface area contributed by atoms with E-state index in [1.54, 1.807) is 4.90 Å². The summed E-state index contributed by atoms with van der Waals surface area (Å²) >= 11 is 0. The number of carbonyl (C=O) groups is 2. The molecule has 7 nitrogen and oxygen atoms in total. The molecule has 0 fully saturated rings. The van der Waals surface area contributed by atoms with Gasteiger partial charge in [0.05, 0.1) is 24.3 Å². The van der Waals surface area contributed by atoms with Crippen molar-refractivity contribution in [1.82, 2.24) is 9.88 Å². The fourth-order valence-corrected chi connectivity index (χ4v) is 3.13. The van der Waals surface area contributed by atoms with Gasteiger partial charge in [-0.2, -0.15) is 0 Å². The Labute approximate surface area is 157 Å². The smallest absolute Gasteiger partial charge is 0.337 e. The molecule has 142 valence electrons. The Morgan fingerprint density at radius 3 is 2.30 bits per heavy atom. The van der Waals surface area contributed by atoms with Crippen LogP contribution in [-0.4, -0.2) is 46.6 Å². The average molecular weight is 370 g/mol. The zero-order valence-electron chi connectivity index (χ0n) is 15.4. The summed E-state index contributed by atoms with van der Waals surface area (Å²) in [7, 11) is 0. The van der Waals surface area contributed by atoms with Gasteiger partial charge >= 0.3 is 5.97 Å². The first-order chi connectivity index (χ1) is 13.0.